The smallest absolute Gasteiger partial charge is 0.324 e. The van der Waals surface area contributed by atoms with Gasteiger partial charge in [0.15, 0.2) is 5.65 Å². The number of aromatic nitrogens is 5. The van der Waals surface area contributed by atoms with Gasteiger partial charge >= 0.3 is 6.18 Å². The standard InChI is InChI=1S/C25H25F4N7OS/c1-23(2)17-4-3-15(9-14(17)5-8-31-23)32-21-30-10-16-19(34-21)36(35(20(16)37)13-25(27,28)29)22-33-18(11-38-22)24(12-26)6-7-24/h3-4,9-11,31H,5-8,12-13H2,1-2H3,(H,30,32,34). The predicted molar refractivity (Wildman–Crippen MR) is 136 cm³/mol. The Kier molecular flexibility index (Phi) is 5.65. The summed E-state index contributed by atoms with van der Waals surface area (Å²) >= 11 is 1.05. The molecule has 0 radical (unpaired) electrons. The van der Waals surface area contributed by atoms with Gasteiger partial charge in [-0.1, -0.05) is 6.07 Å². The highest BCUT2D eigenvalue weighted by Crippen LogP contribution is 2.48. The molecule has 8 nitrogen and oxygen atoms in total. The molecule has 0 unspecified atom stereocenters. The first kappa shape index (κ1) is 25.0. The average Bonchev–Trinajstić information content (AvgIpc) is 3.43. The van der Waals surface area contributed by atoms with Crippen molar-refractivity contribution in [2.24, 2.45) is 0 Å². The number of nitrogens with one attached hydrogen (secondary N) is 2. The minimum absolute atomic E-state index is 0.00830. The predicted octanol–water partition coefficient (Wildman–Crippen LogP) is 4.73. The lowest BCUT2D eigenvalue weighted by Gasteiger charge is -2.34. The summed E-state index contributed by atoms with van der Waals surface area (Å²) in [4.78, 5) is 26.1. The van der Waals surface area contributed by atoms with Crippen LogP contribution in [0.25, 0.3) is 16.2 Å². The third-order valence-electron chi connectivity index (χ3n) is 7.33. The zero-order valence-corrected chi connectivity index (χ0v) is 21.5. The minimum Gasteiger partial charge on any atom is -0.324 e. The monoisotopic (exact) mass is 547 g/mol. The van der Waals surface area contributed by atoms with E-state index in [1.165, 1.54) is 17.3 Å². The number of hydrogen-bond donors (Lipinski definition) is 2. The van der Waals surface area contributed by atoms with E-state index in [2.05, 4.69) is 39.4 Å². The number of nitrogens with zero attached hydrogens (tertiary/aromatic N) is 5. The van der Waals surface area contributed by atoms with Gasteiger partial charge in [0.25, 0.3) is 5.56 Å². The molecule has 2 N–H and O–H groups in total. The summed E-state index contributed by atoms with van der Waals surface area (Å²) in [7, 11) is 0. The second kappa shape index (κ2) is 8.60. The fourth-order valence-corrected chi connectivity index (χ4v) is 5.99. The van der Waals surface area contributed by atoms with E-state index in [-0.39, 0.29) is 27.7 Å². The molecule has 0 saturated heterocycles. The van der Waals surface area contributed by atoms with E-state index in [1.54, 1.807) is 5.38 Å². The van der Waals surface area contributed by atoms with Crippen LogP contribution >= 0.6 is 11.3 Å². The average molecular weight is 548 g/mol. The van der Waals surface area contributed by atoms with Crippen molar-refractivity contribution in [2.45, 2.75) is 56.8 Å². The fourth-order valence-electron chi connectivity index (χ4n) is 5.03. The molecule has 0 amide bonds. The Hall–Kier alpha value is -3.32. The molecule has 3 aromatic heterocycles. The Bertz CT molecular complexity index is 1600. The van der Waals surface area contributed by atoms with Crippen molar-refractivity contribution in [3.8, 4) is 5.13 Å². The third-order valence-corrected chi connectivity index (χ3v) is 8.14. The summed E-state index contributed by atoms with van der Waals surface area (Å²) in [5, 5.41) is 8.29. The van der Waals surface area contributed by atoms with Crippen molar-refractivity contribution < 1.29 is 17.6 Å². The Morgan fingerprint density at radius 3 is 2.71 bits per heavy atom. The Balaban J connectivity index is 1.43. The van der Waals surface area contributed by atoms with Crippen molar-refractivity contribution in [1.82, 2.24) is 29.6 Å². The van der Waals surface area contributed by atoms with Crippen LogP contribution in [0.15, 0.2) is 34.6 Å². The molecule has 0 atom stereocenters. The van der Waals surface area contributed by atoms with Gasteiger partial charge in [0, 0.05) is 28.2 Å². The molecule has 4 heterocycles. The lowest BCUT2D eigenvalue weighted by Crippen LogP contribution is -2.42. The molecular formula is C25H25F4N7OS. The summed E-state index contributed by atoms with van der Waals surface area (Å²) in [5.74, 6) is 0.128. The first-order valence-electron chi connectivity index (χ1n) is 12.2. The van der Waals surface area contributed by atoms with Crippen LogP contribution in [0.1, 0.15) is 43.5 Å². The van der Waals surface area contributed by atoms with Gasteiger partial charge in [-0.2, -0.15) is 18.2 Å². The fraction of sp³-hybridized carbons (Fsp3) is 0.440. The van der Waals surface area contributed by atoms with Gasteiger partial charge in [0.2, 0.25) is 11.1 Å². The maximum Gasteiger partial charge on any atom is 0.408 e. The number of halogens is 4. The highest BCUT2D eigenvalue weighted by molar-refractivity contribution is 7.12. The van der Waals surface area contributed by atoms with Crippen LogP contribution in [0.2, 0.25) is 0 Å². The molecule has 4 aromatic rings. The molecule has 2 aliphatic rings. The van der Waals surface area contributed by atoms with Crippen LogP contribution in [0.5, 0.6) is 0 Å². The molecule has 0 bridgehead atoms. The quantitative estimate of drug-likeness (QED) is 0.340. The second-order valence-electron chi connectivity index (χ2n) is 10.4. The Morgan fingerprint density at radius 1 is 1.21 bits per heavy atom. The summed E-state index contributed by atoms with van der Waals surface area (Å²) in [6.07, 6.45) is -1.34. The van der Waals surface area contributed by atoms with Crippen LogP contribution in [-0.2, 0) is 23.9 Å². The number of fused-ring (bicyclic) bond motifs is 2. The topological polar surface area (TPSA) is 89.7 Å². The molecule has 1 aliphatic heterocycles. The molecule has 1 saturated carbocycles. The first-order chi connectivity index (χ1) is 18.0. The Morgan fingerprint density at radius 2 is 2.00 bits per heavy atom. The number of hydrogen-bond acceptors (Lipinski definition) is 7. The maximum atomic E-state index is 13.6. The van der Waals surface area contributed by atoms with E-state index in [9.17, 15) is 22.4 Å². The SMILES string of the molecule is CC1(C)NCCc2cc(Nc3ncc4c(=O)n(CC(F)(F)F)n(-c5nc(C6(CF)CC6)cs5)c4n3)ccc21. The van der Waals surface area contributed by atoms with E-state index >= 15 is 0 Å². The molecule has 1 fully saturated rings. The summed E-state index contributed by atoms with van der Waals surface area (Å²) < 4.78 is 55.7. The molecule has 38 heavy (non-hydrogen) atoms. The van der Waals surface area contributed by atoms with Crippen molar-refractivity contribution in [1.29, 1.82) is 0 Å². The number of alkyl halides is 4. The van der Waals surface area contributed by atoms with Gasteiger partial charge in [-0.25, -0.2) is 19.3 Å². The maximum absolute atomic E-state index is 13.6. The zero-order chi connectivity index (χ0) is 26.9. The van der Waals surface area contributed by atoms with Gasteiger partial charge in [0.1, 0.15) is 18.6 Å². The van der Waals surface area contributed by atoms with Crippen molar-refractivity contribution in [3.63, 3.8) is 0 Å². The van der Waals surface area contributed by atoms with Gasteiger partial charge < -0.3 is 10.6 Å². The van der Waals surface area contributed by atoms with Crippen LogP contribution in [0.3, 0.4) is 0 Å². The number of thiazole rings is 1. The summed E-state index contributed by atoms with van der Waals surface area (Å²) in [5.41, 5.74) is 1.82. The highest BCUT2D eigenvalue weighted by Gasteiger charge is 2.47. The molecular weight excluding hydrogens is 522 g/mol. The van der Waals surface area contributed by atoms with E-state index < -0.39 is 30.4 Å². The molecule has 6 rings (SSSR count). The molecule has 200 valence electrons. The molecule has 1 aromatic carbocycles. The normalized spacial score (nSPS) is 17.9. The lowest BCUT2D eigenvalue weighted by molar-refractivity contribution is -0.144. The van der Waals surface area contributed by atoms with Crippen molar-refractivity contribution in [3.05, 3.63) is 57.0 Å². The van der Waals surface area contributed by atoms with E-state index in [1.807, 2.05) is 18.2 Å². The van der Waals surface area contributed by atoms with Gasteiger partial charge in [-0.3, -0.25) is 9.18 Å². The molecule has 1 aliphatic carbocycles. The van der Waals surface area contributed by atoms with Crippen molar-refractivity contribution >= 4 is 34.0 Å². The van der Waals surface area contributed by atoms with Crippen LogP contribution in [0.4, 0.5) is 29.2 Å². The van der Waals surface area contributed by atoms with Gasteiger partial charge in [-0.05, 0) is 62.9 Å². The minimum atomic E-state index is -4.66. The van der Waals surface area contributed by atoms with Crippen LogP contribution in [0, 0.1) is 0 Å². The van der Waals surface area contributed by atoms with Crippen LogP contribution < -0.4 is 16.2 Å². The second-order valence-corrected chi connectivity index (χ2v) is 11.3. The van der Waals surface area contributed by atoms with Gasteiger partial charge in [-0.15, -0.1) is 11.3 Å². The van der Waals surface area contributed by atoms with E-state index in [0.717, 1.165) is 34.7 Å². The number of rotatable bonds is 6. The van der Waals surface area contributed by atoms with E-state index in [0.29, 0.717) is 23.2 Å². The largest absolute Gasteiger partial charge is 0.408 e. The number of benzene rings is 1. The zero-order valence-electron chi connectivity index (χ0n) is 20.7. The summed E-state index contributed by atoms with van der Waals surface area (Å²) in [6, 6.07) is 5.92. The van der Waals surface area contributed by atoms with Gasteiger partial charge in [0.05, 0.1) is 5.69 Å². The van der Waals surface area contributed by atoms with Crippen LogP contribution in [-0.4, -0.2) is 43.7 Å². The van der Waals surface area contributed by atoms with Crippen molar-refractivity contribution in [2.75, 3.05) is 18.5 Å². The van der Waals surface area contributed by atoms with E-state index in [4.69, 9.17) is 0 Å². The molecule has 13 heteroatoms. The first-order valence-corrected chi connectivity index (χ1v) is 13.1. The lowest BCUT2D eigenvalue weighted by atomic mass is 9.85. The Labute approximate surface area is 218 Å². The summed E-state index contributed by atoms with van der Waals surface area (Å²) in [6.45, 7) is 2.95. The molecule has 0 spiro atoms. The highest BCUT2D eigenvalue weighted by atomic mass is 32.1. The number of anilines is 2. The third kappa shape index (κ3) is 4.27.